The number of likely N-dealkylation sites (N-methyl/N-ethyl adjacent to an activating group) is 1. The van der Waals surface area contributed by atoms with Gasteiger partial charge in [-0.1, -0.05) is 0 Å². The number of piperazine rings is 1. The molecule has 144 valence electrons. The summed E-state index contributed by atoms with van der Waals surface area (Å²) in [6.07, 6.45) is 3.46. The third kappa shape index (κ3) is 5.10. The number of rotatable bonds is 6. The number of anilines is 2. The molecule has 0 unspecified atom stereocenters. The molecule has 1 amide bonds. The first-order chi connectivity index (χ1) is 13.0. The van der Waals surface area contributed by atoms with Crippen molar-refractivity contribution in [2.75, 3.05) is 63.6 Å². The zero-order chi connectivity index (χ0) is 19.2. The Morgan fingerprint density at radius 3 is 2.52 bits per heavy atom. The van der Waals surface area contributed by atoms with E-state index in [9.17, 15) is 4.79 Å². The van der Waals surface area contributed by atoms with Crippen LogP contribution in [0.1, 0.15) is 16.3 Å². The predicted octanol–water partition coefficient (Wildman–Crippen LogP) is 0.511. The number of aryl methyl sites for hydroxylation is 1. The number of hydrogen-bond acceptors (Lipinski definition) is 8. The molecule has 3 rings (SSSR count). The fourth-order valence-electron chi connectivity index (χ4n) is 2.90. The maximum atomic E-state index is 12.9. The quantitative estimate of drug-likeness (QED) is 0.787. The molecule has 2 aromatic rings. The van der Waals surface area contributed by atoms with E-state index in [1.54, 1.807) is 31.5 Å². The van der Waals surface area contributed by atoms with Crippen LogP contribution >= 0.6 is 0 Å². The third-order valence-corrected chi connectivity index (χ3v) is 4.32. The summed E-state index contributed by atoms with van der Waals surface area (Å²) in [5.74, 6) is 1.91. The molecule has 0 radical (unpaired) electrons. The van der Waals surface area contributed by atoms with Gasteiger partial charge in [-0.15, -0.1) is 0 Å². The van der Waals surface area contributed by atoms with E-state index in [-0.39, 0.29) is 5.91 Å². The monoisotopic (exact) mass is 370 g/mol. The van der Waals surface area contributed by atoms with E-state index < -0.39 is 0 Å². The SMILES string of the molecule is Cc1nc(NCCN(C)C)cc(C(=O)N2CCN(c3ncccn3)CC2)n1. The van der Waals surface area contributed by atoms with Gasteiger partial charge < -0.3 is 20.0 Å². The fourth-order valence-corrected chi connectivity index (χ4v) is 2.90. The highest BCUT2D eigenvalue weighted by molar-refractivity contribution is 5.93. The summed E-state index contributed by atoms with van der Waals surface area (Å²) in [5.41, 5.74) is 0.430. The van der Waals surface area contributed by atoms with Crippen molar-refractivity contribution in [2.24, 2.45) is 0 Å². The molecule has 1 fully saturated rings. The van der Waals surface area contributed by atoms with Crippen molar-refractivity contribution in [3.63, 3.8) is 0 Å². The molecule has 1 N–H and O–H groups in total. The van der Waals surface area contributed by atoms with Gasteiger partial charge in [0.2, 0.25) is 5.95 Å². The molecule has 3 heterocycles. The third-order valence-electron chi connectivity index (χ3n) is 4.32. The fraction of sp³-hybridized carbons (Fsp3) is 0.500. The van der Waals surface area contributed by atoms with Crippen molar-refractivity contribution < 1.29 is 4.79 Å². The van der Waals surface area contributed by atoms with Gasteiger partial charge >= 0.3 is 0 Å². The summed E-state index contributed by atoms with van der Waals surface area (Å²) in [5, 5.41) is 3.26. The van der Waals surface area contributed by atoms with Gasteiger partial charge in [0.05, 0.1) is 0 Å². The van der Waals surface area contributed by atoms with Gasteiger partial charge in [0, 0.05) is 57.7 Å². The average molecular weight is 370 g/mol. The van der Waals surface area contributed by atoms with Gasteiger partial charge in [-0.25, -0.2) is 19.9 Å². The highest BCUT2D eigenvalue weighted by Gasteiger charge is 2.24. The first-order valence-electron chi connectivity index (χ1n) is 9.08. The lowest BCUT2D eigenvalue weighted by Gasteiger charge is -2.34. The zero-order valence-electron chi connectivity index (χ0n) is 16.1. The van der Waals surface area contributed by atoms with E-state index in [0.29, 0.717) is 49.5 Å². The number of amides is 1. The Hall–Kier alpha value is -2.81. The highest BCUT2D eigenvalue weighted by Crippen LogP contribution is 2.14. The second-order valence-corrected chi connectivity index (χ2v) is 6.74. The molecule has 0 aliphatic carbocycles. The van der Waals surface area contributed by atoms with Crippen molar-refractivity contribution in [3.8, 4) is 0 Å². The molecule has 0 atom stereocenters. The van der Waals surface area contributed by atoms with Crippen molar-refractivity contribution in [2.45, 2.75) is 6.92 Å². The van der Waals surface area contributed by atoms with Crippen LogP contribution in [0.15, 0.2) is 24.5 Å². The summed E-state index contributed by atoms with van der Waals surface area (Å²) in [6.45, 7) is 6.08. The van der Waals surface area contributed by atoms with Gasteiger partial charge in [0.15, 0.2) is 0 Å². The summed E-state index contributed by atoms with van der Waals surface area (Å²) in [6, 6.07) is 3.53. The molecule has 1 aliphatic heterocycles. The Kier molecular flexibility index (Phi) is 6.12. The molecule has 0 spiro atoms. The first-order valence-corrected chi connectivity index (χ1v) is 9.08. The number of carbonyl (C=O) groups is 1. The molecular weight excluding hydrogens is 344 g/mol. The van der Waals surface area contributed by atoms with Crippen LogP contribution in [-0.4, -0.2) is 89.0 Å². The maximum absolute atomic E-state index is 12.9. The van der Waals surface area contributed by atoms with E-state index >= 15 is 0 Å². The van der Waals surface area contributed by atoms with Gasteiger partial charge in [0.25, 0.3) is 5.91 Å². The van der Waals surface area contributed by atoms with Crippen LogP contribution < -0.4 is 10.2 Å². The molecule has 0 bridgehead atoms. The number of carbonyl (C=O) groups excluding carboxylic acids is 1. The second-order valence-electron chi connectivity index (χ2n) is 6.74. The molecule has 9 heteroatoms. The minimum absolute atomic E-state index is 0.0650. The maximum Gasteiger partial charge on any atom is 0.272 e. The summed E-state index contributed by atoms with van der Waals surface area (Å²) in [7, 11) is 4.03. The zero-order valence-corrected chi connectivity index (χ0v) is 16.1. The second kappa shape index (κ2) is 8.72. The lowest BCUT2D eigenvalue weighted by molar-refractivity contribution is 0.0740. The van der Waals surface area contributed by atoms with Crippen LogP contribution in [-0.2, 0) is 0 Å². The Balaban J connectivity index is 1.61. The number of hydrogen-bond donors (Lipinski definition) is 1. The first kappa shape index (κ1) is 19.0. The number of nitrogens with one attached hydrogen (secondary N) is 1. The lowest BCUT2D eigenvalue weighted by Crippen LogP contribution is -2.49. The topological polar surface area (TPSA) is 90.4 Å². The van der Waals surface area contributed by atoms with E-state index in [1.807, 2.05) is 19.0 Å². The Morgan fingerprint density at radius 1 is 1.15 bits per heavy atom. The molecule has 27 heavy (non-hydrogen) atoms. The standard InChI is InChI=1S/C18H26N8O/c1-14-22-15(13-16(23-14)19-7-8-24(2)3)17(27)25-9-11-26(12-10-25)18-20-5-4-6-21-18/h4-6,13H,7-12H2,1-3H3,(H,19,22,23). The van der Waals surface area contributed by atoms with Crippen molar-refractivity contribution in [3.05, 3.63) is 36.0 Å². The Bertz CT molecular complexity index is 759. The Labute approximate surface area is 159 Å². The average Bonchev–Trinajstić information content (AvgIpc) is 2.67. The number of nitrogens with zero attached hydrogens (tertiary/aromatic N) is 7. The van der Waals surface area contributed by atoms with E-state index in [2.05, 4.69) is 35.1 Å². The molecule has 0 saturated carbocycles. The largest absolute Gasteiger partial charge is 0.369 e. The summed E-state index contributed by atoms with van der Waals surface area (Å²) < 4.78 is 0. The van der Waals surface area contributed by atoms with Gasteiger partial charge in [-0.2, -0.15) is 0 Å². The summed E-state index contributed by atoms with van der Waals surface area (Å²) >= 11 is 0. The predicted molar refractivity (Wildman–Crippen MR) is 104 cm³/mol. The molecule has 0 aromatic carbocycles. The van der Waals surface area contributed by atoms with E-state index in [1.165, 1.54) is 0 Å². The van der Waals surface area contributed by atoms with Gasteiger partial charge in [-0.05, 0) is 27.1 Å². The lowest BCUT2D eigenvalue weighted by atomic mass is 10.2. The number of aromatic nitrogens is 4. The van der Waals surface area contributed by atoms with Gasteiger partial charge in [0.1, 0.15) is 17.3 Å². The minimum Gasteiger partial charge on any atom is -0.369 e. The van der Waals surface area contributed by atoms with Crippen molar-refractivity contribution in [1.82, 2.24) is 29.7 Å². The van der Waals surface area contributed by atoms with Crippen LogP contribution in [0.2, 0.25) is 0 Å². The van der Waals surface area contributed by atoms with Crippen molar-refractivity contribution >= 4 is 17.7 Å². The Morgan fingerprint density at radius 2 is 1.85 bits per heavy atom. The van der Waals surface area contributed by atoms with Crippen LogP contribution in [0, 0.1) is 6.92 Å². The van der Waals surface area contributed by atoms with Crippen molar-refractivity contribution in [1.29, 1.82) is 0 Å². The minimum atomic E-state index is -0.0650. The molecule has 9 nitrogen and oxygen atoms in total. The van der Waals surface area contributed by atoms with Gasteiger partial charge in [-0.3, -0.25) is 4.79 Å². The summed E-state index contributed by atoms with van der Waals surface area (Å²) in [4.78, 5) is 36.1. The molecule has 2 aromatic heterocycles. The smallest absolute Gasteiger partial charge is 0.272 e. The molecular formula is C18H26N8O. The normalized spacial score (nSPS) is 14.5. The molecule has 1 aliphatic rings. The van der Waals surface area contributed by atoms with E-state index in [4.69, 9.17) is 0 Å². The van der Waals surface area contributed by atoms with Crippen LogP contribution in [0.3, 0.4) is 0 Å². The van der Waals surface area contributed by atoms with Crippen LogP contribution in [0.4, 0.5) is 11.8 Å². The van der Waals surface area contributed by atoms with Crippen LogP contribution in [0.5, 0.6) is 0 Å². The highest BCUT2D eigenvalue weighted by atomic mass is 16.2. The molecule has 1 saturated heterocycles. The van der Waals surface area contributed by atoms with E-state index in [0.717, 1.165) is 13.1 Å². The van der Waals surface area contributed by atoms with Crippen LogP contribution in [0.25, 0.3) is 0 Å².